The number of imide groups is 1. The van der Waals surface area contributed by atoms with Crippen molar-refractivity contribution in [3.8, 4) is 0 Å². The van der Waals surface area contributed by atoms with Crippen molar-refractivity contribution in [1.82, 2.24) is 9.88 Å². The van der Waals surface area contributed by atoms with Gasteiger partial charge in [-0.05, 0) is 47.6 Å². The molecule has 3 atom stereocenters. The van der Waals surface area contributed by atoms with E-state index in [0.29, 0.717) is 5.82 Å². The number of nitrogens with two attached hydrogens (primary N) is 1. The van der Waals surface area contributed by atoms with E-state index in [2.05, 4.69) is 11.9 Å². The second-order valence-electron chi connectivity index (χ2n) is 7.49. The number of benzene rings is 1. The molecule has 0 aliphatic carbocycles. The first kappa shape index (κ1) is 20.5. The van der Waals surface area contributed by atoms with Gasteiger partial charge in [0.2, 0.25) is 11.8 Å². The molecule has 1 saturated heterocycles. The molecular weight excluding hydrogens is 370 g/mol. The summed E-state index contributed by atoms with van der Waals surface area (Å²) in [6.45, 7) is 3.96. The fraction of sp³-hybridized carbons (Fsp3) is 0.364. The van der Waals surface area contributed by atoms with E-state index in [4.69, 9.17) is 5.73 Å². The number of amides is 2. The van der Waals surface area contributed by atoms with Gasteiger partial charge in [-0.1, -0.05) is 38.1 Å². The predicted octanol–water partition coefficient (Wildman–Crippen LogP) is 2.40. The summed E-state index contributed by atoms with van der Waals surface area (Å²) in [5.41, 5.74) is 8.54. The van der Waals surface area contributed by atoms with Crippen molar-refractivity contribution in [2.75, 3.05) is 5.73 Å². The number of aryl methyl sites for hydroxylation is 1. The van der Waals surface area contributed by atoms with Crippen molar-refractivity contribution in [3.63, 3.8) is 0 Å². The molecule has 3 rings (SSSR count). The number of aromatic nitrogens is 1. The Morgan fingerprint density at radius 3 is 2.66 bits per heavy atom. The molecule has 0 saturated carbocycles. The van der Waals surface area contributed by atoms with Gasteiger partial charge in [0, 0.05) is 12.6 Å². The Morgan fingerprint density at radius 1 is 1.24 bits per heavy atom. The van der Waals surface area contributed by atoms with E-state index in [1.807, 2.05) is 31.2 Å². The minimum absolute atomic E-state index is 0.0810. The van der Waals surface area contributed by atoms with Crippen LogP contribution >= 0.6 is 0 Å². The fourth-order valence-corrected chi connectivity index (χ4v) is 3.78. The van der Waals surface area contributed by atoms with Crippen LogP contribution in [0.1, 0.15) is 42.9 Å². The summed E-state index contributed by atoms with van der Waals surface area (Å²) in [4.78, 5) is 41.9. The van der Waals surface area contributed by atoms with Gasteiger partial charge in [0.1, 0.15) is 11.9 Å². The van der Waals surface area contributed by atoms with Crippen LogP contribution in [-0.2, 0) is 27.2 Å². The molecule has 152 valence electrons. The van der Waals surface area contributed by atoms with Gasteiger partial charge in [-0.25, -0.2) is 9.78 Å². The maximum absolute atomic E-state index is 12.8. The van der Waals surface area contributed by atoms with E-state index >= 15 is 0 Å². The second kappa shape index (κ2) is 8.43. The normalized spacial score (nSPS) is 19.5. The lowest BCUT2D eigenvalue weighted by atomic mass is 9.81. The number of likely N-dealkylation sites (tertiary alicyclic amines) is 1. The fourth-order valence-electron chi connectivity index (χ4n) is 3.78. The number of pyridine rings is 1. The number of nitrogens with zero attached hydrogens (tertiary/aromatic N) is 2. The number of rotatable bonds is 7. The highest BCUT2D eigenvalue weighted by Crippen LogP contribution is 2.33. The first-order chi connectivity index (χ1) is 13.8. The van der Waals surface area contributed by atoms with Crippen LogP contribution in [0.5, 0.6) is 0 Å². The number of carbonyl (C=O) groups excluding carboxylic acids is 2. The van der Waals surface area contributed by atoms with Crippen LogP contribution in [-0.4, -0.2) is 38.8 Å². The highest BCUT2D eigenvalue weighted by atomic mass is 16.4. The van der Waals surface area contributed by atoms with Crippen LogP contribution in [0.2, 0.25) is 0 Å². The molecule has 1 aliphatic rings. The zero-order valence-corrected chi connectivity index (χ0v) is 16.5. The largest absolute Gasteiger partial charge is 0.480 e. The Hall–Kier alpha value is -3.22. The van der Waals surface area contributed by atoms with Crippen LogP contribution in [0.25, 0.3) is 0 Å². The Morgan fingerprint density at radius 2 is 2.00 bits per heavy atom. The van der Waals surface area contributed by atoms with Gasteiger partial charge in [-0.3, -0.25) is 14.5 Å². The number of carboxylic acids is 1. The van der Waals surface area contributed by atoms with Crippen LogP contribution in [0, 0.1) is 5.92 Å². The first-order valence-corrected chi connectivity index (χ1v) is 9.69. The van der Waals surface area contributed by atoms with E-state index in [-0.39, 0.29) is 18.8 Å². The topological polar surface area (TPSA) is 114 Å². The lowest BCUT2D eigenvalue weighted by Crippen LogP contribution is -2.66. The standard InChI is InChI=1S/C22H25N3O4/c1-3-14-5-4-6-16(10-14)13(2)9-19(26)25-20(22(28)29)17(21(25)27)11-15-7-8-24-18(23)12-15/h4-8,10,12-13,17,20H,3,9,11H2,1-2H3,(H2,23,24)(H,28,29)/t13-,17+,20-/m0/s1. The summed E-state index contributed by atoms with van der Waals surface area (Å²) in [6.07, 6.45) is 2.69. The third-order valence-corrected chi connectivity index (χ3v) is 5.45. The van der Waals surface area contributed by atoms with E-state index in [0.717, 1.165) is 22.4 Å². The number of carboxylic acid groups (broad SMARTS) is 1. The number of nitrogen functional groups attached to an aromatic ring is 1. The summed E-state index contributed by atoms with van der Waals surface area (Å²) >= 11 is 0. The molecule has 0 radical (unpaired) electrons. The number of hydrogen-bond acceptors (Lipinski definition) is 5. The van der Waals surface area contributed by atoms with E-state index in [1.54, 1.807) is 12.1 Å². The number of anilines is 1. The Labute approximate surface area is 169 Å². The van der Waals surface area contributed by atoms with Crippen LogP contribution in [0.15, 0.2) is 42.6 Å². The summed E-state index contributed by atoms with van der Waals surface area (Å²) in [5.74, 6) is -2.68. The van der Waals surface area contributed by atoms with Crippen LogP contribution in [0.3, 0.4) is 0 Å². The van der Waals surface area contributed by atoms with Gasteiger partial charge in [0.05, 0.1) is 5.92 Å². The third kappa shape index (κ3) is 4.29. The minimum Gasteiger partial charge on any atom is -0.480 e. The predicted molar refractivity (Wildman–Crippen MR) is 108 cm³/mol. The van der Waals surface area contributed by atoms with Gasteiger partial charge in [-0.2, -0.15) is 0 Å². The molecule has 0 spiro atoms. The Kier molecular flexibility index (Phi) is 5.96. The lowest BCUT2D eigenvalue weighted by Gasteiger charge is -2.43. The molecule has 0 unspecified atom stereocenters. The second-order valence-corrected chi connectivity index (χ2v) is 7.49. The van der Waals surface area contributed by atoms with Gasteiger partial charge in [-0.15, -0.1) is 0 Å². The van der Waals surface area contributed by atoms with Gasteiger partial charge in [0.15, 0.2) is 0 Å². The van der Waals surface area contributed by atoms with E-state index in [9.17, 15) is 19.5 Å². The third-order valence-electron chi connectivity index (χ3n) is 5.45. The first-order valence-electron chi connectivity index (χ1n) is 9.69. The van der Waals surface area contributed by atoms with Crippen molar-refractivity contribution in [2.45, 2.75) is 45.1 Å². The molecule has 0 bridgehead atoms. The molecule has 2 amide bonds. The Balaban J connectivity index is 1.71. The number of carbonyl (C=O) groups is 3. The zero-order valence-electron chi connectivity index (χ0n) is 16.5. The molecule has 7 heteroatoms. The SMILES string of the molecule is CCc1cccc([C@@H](C)CC(=O)N2C(=O)[C@H](Cc3ccnc(N)c3)[C@H]2C(=O)O)c1. The quantitative estimate of drug-likeness (QED) is 0.696. The smallest absolute Gasteiger partial charge is 0.327 e. The van der Waals surface area contributed by atoms with Gasteiger partial charge in [0.25, 0.3) is 0 Å². The molecule has 29 heavy (non-hydrogen) atoms. The number of aliphatic carboxylic acids is 1. The molecule has 3 N–H and O–H groups in total. The van der Waals surface area contributed by atoms with Crippen molar-refractivity contribution >= 4 is 23.6 Å². The molecule has 1 fully saturated rings. The van der Waals surface area contributed by atoms with E-state index < -0.39 is 29.7 Å². The van der Waals surface area contributed by atoms with Crippen molar-refractivity contribution in [3.05, 3.63) is 59.3 Å². The molecule has 7 nitrogen and oxygen atoms in total. The molecule has 1 aromatic carbocycles. The molecule has 2 aromatic rings. The molecule has 1 aliphatic heterocycles. The summed E-state index contributed by atoms with van der Waals surface area (Å²) in [7, 11) is 0. The monoisotopic (exact) mass is 395 g/mol. The van der Waals surface area contributed by atoms with Crippen molar-refractivity contribution in [2.24, 2.45) is 5.92 Å². The van der Waals surface area contributed by atoms with Crippen molar-refractivity contribution < 1.29 is 19.5 Å². The molecule has 1 aromatic heterocycles. The van der Waals surface area contributed by atoms with Gasteiger partial charge >= 0.3 is 5.97 Å². The summed E-state index contributed by atoms with van der Waals surface area (Å²) < 4.78 is 0. The van der Waals surface area contributed by atoms with Gasteiger partial charge < -0.3 is 10.8 Å². The lowest BCUT2D eigenvalue weighted by molar-refractivity contribution is -0.177. The number of β-lactam (4-membered cyclic amide) rings is 1. The highest BCUT2D eigenvalue weighted by Gasteiger charge is 2.54. The van der Waals surface area contributed by atoms with Crippen LogP contribution < -0.4 is 5.73 Å². The maximum Gasteiger partial charge on any atom is 0.327 e. The highest BCUT2D eigenvalue weighted by molar-refractivity contribution is 6.08. The van der Waals surface area contributed by atoms with Crippen LogP contribution in [0.4, 0.5) is 5.82 Å². The molecular formula is C22H25N3O4. The summed E-state index contributed by atoms with van der Waals surface area (Å²) in [5, 5.41) is 9.61. The van der Waals surface area contributed by atoms with Crippen molar-refractivity contribution in [1.29, 1.82) is 0 Å². The minimum atomic E-state index is -1.18. The summed E-state index contributed by atoms with van der Waals surface area (Å²) in [6, 6.07) is 10.1. The van der Waals surface area contributed by atoms with E-state index in [1.165, 1.54) is 11.8 Å². The maximum atomic E-state index is 12.8. The number of hydrogen-bond donors (Lipinski definition) is 2. The average molecular weight is 395 g/mol. The Bertz CT molecular complexity index is 943. The average Bonchev–Trinajstić information content (AvgIpc) is 2.69. The zero-order chi connectivity index (χ0) is 21.1. The molecule has 2 heterocycles.